The highest BCUT2D eigenvalue weighted by Crippen LogP contribution is 2.46. The number of hydrogen-bond donors (Lipinski definition) is 0. The van der Waals surface area contributed by atoms with Gasteiger partial charge in [0.15, 0.2) is 0 Å². The van der Waals surface area contributed by atoms with Crippen molar-refractivity contribution in [3.05, 3.63) is 193 Å². The summed E-state index contributed by atoms with van der Waals surface area (Å²) in [5.74, 6) is 0. The van der Waals surface area contributed by atoms with E-state index in [4.69, 9.17) is 0 Å². The Hall–Kier alpha value is -6.46. The minimum Gasteiger partial charge on any atom is -0.252 e. The molecule has 2 aromatic heterocycles. The molecule has 0 fully saturated rings. The molecule has 2 heterocycles. The number of benzene rings is 8. The normalized spacial score (nSPS) is 11.3. The SMILES string of the molecule is c1ccc(-c2cc(-c3ccccc3)cc(-c3ccc4c(-c5ccc(-c6cncs6)cc5)c5ccccc5c(-c5ccc(-c6cncs6)cc5)c4c3)c2)cc1. The quantitative estimate of drug-likeness (QED) is 0.153. The molecule has 0 aliphatic rings. The summed E-state index contributed by atoms with van der Waals surface area (Å²) < 4.78 is 0. The van der Waals surface area contributed by atoms with Crippen LogP contribution in [0.2, 0.25) is 0 Å². The fourth-order valence-electron chi connectivity index (χ4n) is 7.69. The Morgan fingerprint density at radius 1 is 0.278 bits per heavy atom. The molecule has 0 saturated carbocycles. The van der Waals surface area contributed by atoms with E-state index in [1.54, 1.807) is 22.7 Å². The van der Waals surface area contributed by atoms with E-state index in [0.717, 1.165) is 0 Å². The van der Waals surface area contributed by atoms with Crippen LogP contribution in [-0.2, 0) is 0 Å². The van der Waals surface area contributed by atoms with Gasteiger partial charge in [-0.25, -0.2) is 0 Å². The minimum atomic E-state index is 1.17. The molecule has 0 radical (unpaired) electrons. The average Bonchev–Trinajstić information content (AvgIpc) is 4.00. The lowest BCUT2D eigenvalue weighted by molar-refractivity contribution is 1.42. The molecular formula is C50H32N2S2. The van der Waals surface area contributed by atoms with Crippen LogP contribution < -0.4 is 0 Å². The Kier molecular flexibility index (Phi) is 8.25. The topological polar surface area (TPSA) is 25.8 Å². The first-order valence-corrected chi connectivity index (χ1v) is 19.8. The van der Waals surface area contributed by atoms with Crippen molar-refractivity contribution >= 4 is 44.2 Å². The largest absolute Gasteiger partial charge is 0.252 e. The molecule has 0 N–H and O–H groups in total. The second kappa shape index (κ2) is 13.8. The van der Waals surface area contributed by atoms with Crippen LogP contribution in [-0.4, -0.2) is 9.97 Å². The van der Waals surface area contributed by atoms with Crippen LogP contribution in [0.4, 0.5) is 0 Å². The molecule has 0 bridgehead atoms. The van der Waals surface area contributed by atoms with E-state index >= 15 is 0 Å². The molecule has 0 aliphatic heterocycles. The fraction of sp³-hybridized carbons (Fsp3) is 0. The van der Waals surface area contributed by atoms with E-state index in [-0.39, 0.29) is 0 Å². The summed E-state index contributed by atoms with van der Waals surface area (Å²) in [7, 11) is 0. The molecule has 0 atom stereocenters. The third kappa shape index (κ3) is 5.92. The fourth-order valence-corrected chi connectivity index (χ4v) is 8.95. The summed E-state index contributed by atoms with van der Waals surface area (Å²) in [6.07, 6.45) is 3.88. The van der Waals surface area contributed by atoms with Crippen LogP contribution in [0.1, 0.15) is 0 Å². The van der Waals surface area contributed by atoms with E-state index in [1.807, 2.05) is 23.4 Å². The van der Waals surface area contributed by atoms with Gasteiger partial charge in [0.05, 0.1) is 20.8 Å². The zero-order valence-electron chi connectivity index (χ0n) is 29.2. The maximum Gasteiger partial charge on any atom is 0.0797 e. The Balaban J connectivity index is 1.23. The molecular weight excluding hydrogens is 693 g/mol. The van der Waals surface area contributed by atoms with Crippen molar-refractivity contribution in [3.63, 3.8) is 0 Å². The number of rotatable bonds is 7. The molecule has 0 aliphatic carbocycles. The number of fused-ring (bicyclic) bond motifs is 2. The van der Waals surface area contributed by atoms with Gasteiger partial charge < -0.3 is 0 Å². The molecule has 254 valence electrons. The highest BCUT2D eigenvalue weighted by molar-refractivity contribution is 7.13. The molecule has 0 spiro atoms. The van der Waals surface area contributed by atoms with E-state index < -0.39 is 0 Å². The molecule has 2 nitrogen and oxygen atoms in total. The predicted molar refractivity (Wildman–Crippen MR) is 231 cm³/mol. The van der Waals surface area contributed by atoms with Gasteiger partial charge in [0.25, 0.3) is 0 Å². The number of hydrogen-bond acceptors (Lipinski definition) is 4. The highest BCUT2D eigenvalue weighted by atomic mass is 32.1. The van der Waals surface area contributed by atoms with Gasteiger partial charge in [-0.1, -0.05) is 146 Å². The van der Waals surface area contributed by atoms with Crippen molar-refractivity contribution in [2.45, 2.75) is 0 Å². The van der Waals surface area contributed by atoms with Crippen molar-refractivity contribution in [3.8, 4) is 76.5 Å². The Bertz CT molecular complexity index is 2820. The second-order valence-corrected chi connectivity index (χ2v) is 15.2. The van der Waals surface area contributed by atoms with E-state index in [2.05, 4.69) is 180 Å². The van der Waals surface area contributed by atoms with Crippen LogP contribution in [0, 0.1) is 0 Å². The smallest absolute Gasteiger partial charge is 0.0797 e. The van der Waals surface area contributed by atoms with Gasteiger partial charge in [0.1, 0.15) is 0 Å². The molecule has 54 heavy (non-hydrogen) atoms. The summed E-state index contributed by atoms with van der Waals surface area (Å²) in [5.41, 5.74) is 18.2. The molecule has 10 aromatic rings. The van der Waals surface area contributed by atoms with Crippen molar-refractivity contribution in [2.24, 2.45) is 0 Å². The van der Waals surface area contributed by atoms with Crippen LogP contribution in [0.3, 0.4) is 0 Å². The Labute approximate surface area is 322 Å². The van der Waals surface area contributed by atoms with Gasteiger partial charge in [-0.15, -0.1) is 22.7 Å². The zero-order valence-corrected chi connectivity index (χ0v) is 30.8. The lowest BCUT2D eigenvalue weighted by atomic mass is 9.84. The lowest BCUT2D eigenvalue weighted by Crippen LogP contribution is -1.92. The lowest BCUT2D eigenvalue weighted by Gasteiger charge is -2.19. The third-order valence-corrected chi connectivity index (χ3v) is 11.9. The van der Waals surface area contributed by atoms with Crippen molar-refractivity contribution < 1.29 is 0 Å². The first-order chi connectivity index (χ1) is 26.8. The van der Waals surface area contributed by atoms with Gasteiger partial charge in [-0.05, 0) is 113 Å². The van der Waals surface area contributed by atoms with Crippen LogP contribution in [0.25, 0.3) is 98.1 Å². The molecule has 8 aromatic carbocycles. The summed E-state index contributed by atoms with van der Waals surface area (Å²) in [4.78, 5) is 11.0. The first-order valence-electron chi connectivity index (χ1n) is 18.0. The maximum absolute atomic E-state index is 4.32. The standard InChI is InChI=1S/C50H32N2S2/c1-3-9-33(10-4-1)40-25-41(34-11-5-2-6-12-34)27-42(26-40)39-23-24-45-46(28-39)50(38-21-17-36(18-22-38)48-30-52-32-54-48)44-14-8-7-13-43(44)49(45)37-19-15-35(16-20-37)47-29-51-31-53-47/h1-32H. The predicted octanol–water partition coefficient (Wildman–Crippen LogP) is 14.6. The number of thiazole rings is 2. The Morgan fingerprint density at radius 3 is 1.13 bits per heavy atom. The molecule has 10 rings (SSSR count). The van der Waals surface area contributed by atoms with Gasteiger partial charge in [0, 0.05) is 12.4 Å². The Morgan fingerprint density at radius 2 is 0.667 bits per heavy atom. The molecule has 4 heteroatoms. The molecule has 0 unspecified atom stereocenters. The van der Waals surface area contributed by atoms with Crippen molar-refractivity contribution in [2.75, 3.05) is 0 Å². The second-order valence-electron chi connectivity index (χ2n) is 13.5. The van der Waals surface area contributed by atoms with Gasteiger partial charge in [-0.3, -0.25) is 9.97 Å². The number of aromatic nitrogens is 2. The van der Waals surface area contributed by atoms with E-state index in [0.29, 0.717) is 0 Å². The van der Waals surface area contributed by atoms with Crippen molar-refractivity contribution in [1.82, 2.24) is 9.97 Å². The third-order valence-electron chi connectivity index (χ3n) is 10.3. The average molecular weight is 725 g/mol. The summed E-state index contributed by atoms with van der Waals surface area (Å²) in [6.45, 7) is 0. The number of nitrogens with zero attached hydrogens (tertiary/aromatic N) is 2. The van der Waals surface area contributed by atoms with Crippen LogP contribution in [0.5, 0.6) is 0 Å². The minimum absolute atomic E-state index is 1.17. The first kappa shape index (κ1) is 32.2. The monoisotopic (exact) mass is 724 g/mol. The van der Waals surface area contributed by atoms with Crippen molar-refractivity contribution in [1.29, 1.82) is 0 Å². The summed E-state index contributed by atoms with van der Waals surface area (Å²) in [5, 5.41) is 4.93. The van der Waals surface area contributed by atoms with Crippen LogP contribution in [0.15, 0.2) is 193 Å². The highest BCUT2D eigenvalue weighted by Gasteiger charge is 2.19. The van der Waals surface area contributed by atoms with Gasteiger partial charge >= 0.3 is 0 Å². The molecule has 0 amide bonds. The zero-order chi connectivity index (χ0) is 35.8. The van der Waals surface area contributed by atoms with E-state index in [1.165, 1.54) is 98.1 Å². The molecule has 0 saturated heterocycles. The summed E-state index contributed by atoms with van der Waals surface area (Å²) in [6, 6.07) is 62.3. The summed E-state index contributed by atoms with van der Waals surface area (Å²) >= 11 is 3.33. The van der Waals surface area contributed by atoms with Gasteiger partial charge in [-0.2, -0.15) is 0 Å². The maximum atomic E-state index is 4.32. The van der Waals surface area contributed by atoms with E-state index in [9.17, 15) is 0 Å². The van der Waals surface area contributed by atoms with Gasteiger partial charge in [0.2, 0.25) is 0 Å². The van der Waals surface area contributed by atoms with Crippen LogP contribution >= 0.6 is 22.7 Å².